The molecule has 0 atom stereocenters. The summed E-state index contributed by atoms with van der Waals surface area (Å²) in [5.74, 6) is 0. The van der Waals surface area contributed by atoms with Crippen LogP contribution in [0.25, 0.3) is 0 Å². The molecule has 90 valence electrons. The summed E-state index contributed by atoms with van der Waals surface area (Å²) in [6.07, 6.45) is 1.74. The lowest BCUT2D eigenvalue weighted by Crippen LogP contribution is -1.99. The van der Waals surface area contributed by atoms with Crippen LogP contribution in [-0.4, -0.2) is 4.98 Å². The first kappa shape index (κ1) is 13.1. The van der Waals surface area contributed by atoms with E-state index in [1.807, 2.05) is 19.1 Å². The van der Waals surface area contributed by atoms with Crippen molar-refractivity contribution in [1.82, 2.24) is 4.98 Å². The lowest BCUT2D eigenvalue weighted by molar-refractivity contribution is 1.16. The number of halogens is 3. The van der Waals surface area contributed by atoms with Gasteiger partial charge in [-0.2, -0.15) is 0 Å². The van der Waals surface area contributed by atoms with Gasteiger partial charge in [-0.15, -0.1) is 11.3 Å². The molecule has 2 aromatic heterocycles. The van der Waals surface area contributed by atoms with Gasteiger partial charge < -0.3 is 5.32 Å². The Hall–Kier alpha value is -0.290. The number of aromatic nitrogens is 1. The van der Waals surface area contributed by atoms with Crippen LogP contribution in [-0.2, 0) is 6.54 Å². The van der Waals surface area contributed by atoms with E-state index in [0.29, 0.717) is 11.7 Å². The minimum atomic E-state index is 0.484. The van der Waals surface area contributed by atoms with Gasteiger partial charge in [0.25, 0.3) is 0 Å². The zero-order valence-electron chi connectivity index (χ0n) is 8.93. The van der Waals surface area contributed by atoms with Crippen molar-refractivity contribution in [2.45, 2.75) is 13.5 Å². The molecule has 17 heavy (non-hydrogen) atoms. The van der Waals surface area contributed by atoms with Crippen LogP contribution in [0.5, 0.6) is 0 Å². The van der Waals surface area contributed by atoms with Crippen LogP contribution >= 0.6 is 50.5 Å². The predicted octanol–water partition coefficient (Wildman–Crippen LogP) is 5.13. The van der Waals surface area contributed by atoms with Crippen LogP contribution in [0.15, 0.2) is 22.8 Å². The highest BCUT2D eigenvalue weighted by Crippen LogP contribution is 2.32. The second kappa shape index (κ2) is 5.57. The molecule has 2 heterocycles. The number of hydrogen-bond donors (Lipinski definition) is 1. The molecule has 6 heteroatoms. The topological polar surface area (TPSA) is 24.9 Å². The Kier molecular flexibility index (Phi) is 4.31. The fraction of sp³-hybridized carbons (Fsp3) is 0.182. The SMILES string of the molecule is Cc1cnc(Cl)c(NCc2cc(Br)c(Cl)s2)c1. The van der Waals surface area contributed by atoms with Gasteiger partial charge in [0, 0.05) is 22.1 Å². The monoisotopic (exact) mass is 350 g/mol. The minimum Gasteiger partial charge on any atom is -0.378 e. The van der Waals surface area contributed by atoms with E-state index in [1.54, 1.807) is 6.20 Å². The summed E-state index contributed by atoms with van der Waals surface area (Å²) in [6, 6.07) is 3.97. The average molecular weight is 352 g/mol. The third-order valence-electron chi connectivity index (χ3n) is 2.13. The lowest BCUT2D eigenvalue weighted by atomic mass is 10.3. The summed E-state index contributed by atoms with van der Waals surface area (Å²) >= 11 is 16.9. The van der Waals surface area contributed by atoms with Crippen molar-refractivity contribution < 1.29 is 0 Å². The van der Waals surface area contributed by atoms with E-state index in [9.17, 15) is 0 Å². The van der Waals surface area contributed by atoms with Gasteiger partial charge in [-0.25, -0.2) is 4.98 Å². The standard InChI is InChI=1S/C11H9BrCl2N2S/c1-6-2-9(10(13)16-4-6)15-5-7-3-8(12)11(14)17-7/h2-4,15H,5H2,1H3. The minimum absolute atomic E-state index is 0.484. The largest absolute Gasteiger partial charge is 0.378 e. The Labute approximate surface area is 122 Å². The second-order valence-electron chi connectivity index (χ2n) is 3.54. The van der Waals surface area contributed by atoms with Gasteiger partial charge in [-0.1, -0.05) is 23.2 Å². The molecule has 0 aliphatic heterocycles. The highest BCUT2D eigenvalue weighted by Gasteiger charge is 2.06. The molecular weight excluding hydrogens is 343 g/mol. The Bertz CT molecular complexity index is 523. The third-order valence-corrected chi connectivity index (χ3v) is 4.90. The van der Waals surface area contributed by atoms with E-state index < -0.39 is 0 Å². The molecule has 0 saturated carbocycles. The van der Waals surface area contributed by atoms with Gasteiger partial charge in [0.05, 0.1) is 5.69 Å². The number of aryl methyl sites for hydroxylation is 1. The van der Waals surface area contributed by atoms with Crippen LogP contribution in [0.3, 0.4) is 0 Å². The van der Waals surface area contributed by atoms with Crippen molar-refractivity contribution >= 4 is 56.2 Å². The number of pyridine rings is 1. The smallest absolute Gasteiger partial charge is 0.152 e. The molecule has 0 aromatic carbocycles. The molecule has 2 rings (SSSR count). The van der Waals surface area contributed by atoms with Crippen LogP contribution in [0.1, 0.15) is 10.4 Å². The van der Waals surface area contributed by atoms with Gasteiger partial charge in [0.1, 0.15) is 4.34 Å². The molecule has 1 N–H and O–H groups in total. The fourth-order valence-electron chi connectivity index (χ4n) is 1.34. The Morgan fingerprint density at radius 3 is 2.82 bits per heavy atom. The van der Waals surface area contributed by atoms with E-state index >= 15 is 0 Å². The van der Waals surface area contributed by atoms with Crippen LogP contribution < -0.4 is 5.32 Å². The highest BCUT2D eigenvalue weighted by molar-refractivity contribution is 9.10. The maximum atomic E-state index is 5.99. The molecule has 0 amide bonds. The highest BCUT2D eigenvalue weighted by atomic mass is 79.9. The Balaban J connectivity index is 2.09. The van der Waals surface area contributed by atoms with Crippen molar-refractivity contribution in [2.24, 2.45) is 0 Å². The van der Waals surface area contributed by atoms with E-state index in [4.69, 9.17) is 23.2 Å². The molecule has 2 nitrogen and oxygen atoms in total. The number of thiophene rings is 1. The fourth-order valence-corrected chi connectivity index (χ4v) is 3.24. The molecule has 0 aliphatic rings. The first-order chi connectivity index (χ1) is 8.06. The van der Waals surface area contributed by atoms with Gasteiger partial charge >= 0.3 is 0 Å². The maximum Gasteiger partial charge on any atom is 0.152 e. The van der Waals surface area contributed by atoms with Crippen molar-refractivity contribution in [3.05, 3.63) is 42.7 Å². The quantitative estimate of drug-likeness (QED) is 0.775. The number of hydrogen-bond acceptors (Lipinski definition) is 3. The first-order valence-corrected chi connectivity index (χ1v) is 7.22. The summed E-state index contributed by atoms with van der Waals surface area (Å²) in [6.45, 7) is 2.66. The zero-order chi connectivity index (χ0) is 12.4. The third kappa shape index (κ3) is 3.35. The van der Waals surface area contributed by atoms with Crippen molar-refractivity contribution in [2.75, 3.05) is 5.32 Å². The summed E-state index contributed by atoms with van der Waals surface area (Å²) in [5, 5.41) is 3.73. The van der Waals surface area contributed by atoms with Gasteiger partial charge in [-0.05, 0) is 40.5 Å². The van der Waals surface area contributed by atoms with Crippen LogP contribution in [0.4, 0.5) is 5.69 Å². The van der Waals surface area contributed by atoms with Gasteiger partial charge in [0.2, 0.25) is 0 Å². The number of nitrogens with one attached hydrogen (secondary N) is 1. The summed E-state index contributed by atoms with van der Waals surface area (Å²) in [4.78, 5) is 5.22. The van der Waals surface area contributed by atoms with E-state index in [0.717, 1.165) is 24.9 Å². The number of anilines is 1. The Morgan fingerprint density at radius 1 is 1.41 bits per heavy atom. The normalized spacial score (nSPS) is 10.6. The molecule has 0 saturated heterocycles. The van der Waals surface area contributed by atoms with Gasteiger partial charge in [0.15, 0.2) is 5.15 Å². The molecule has 0 unspecified atom stereocenters. The van der Waals surface area contributed by atoms with E-state index in [2.05, 4.69) is 26.2 Å². The van der Waals surface area contributed by atoms with Crippen molar-refractivity contribution in [3.8, 4) is 0 Å². The molecule has 0 spiro atoms. The molecule has 0 fully saturated rings. The first-order valence-electron chi connectivity index (χ1n) is 4.86. The molecular formula is C11H9BrCl2N2S. The molecule has 2 aromatic rings. The molecule has 0 bridgehead atoms. The van der Waals surface area contributed by atoms with Crippen molar-refractivity contribution in [1.29, 1.82) is 0 Å². The zero-order valence-corrected chi connectivity index (χ0v) is 12.8. The molecule has 0 radical (unpaired) electrons. The van der Waals surface area contributed by atoms with E-state index in [-0.39, 0.29) is 0 Å². The van der Waals surface area contributed by atoms with Crippen LogP contribution in [0, 0.1) is 6.92 Å². The van der Waals surface area contributed by atoms with Gasteiger partial charge in [-0.3, -0.25) is 0 Å². The maximum absolute atomic E-state index is 5.99. The van der Waals surface area contributed by atoms with E-state index in [1.165, 1.54) is 11.3 Å². The summed E-state index contributed by atoms with van der Waals surface area (Å²) < 4.78 is 1.68. The van der Waals surface area contributed by atoms with Crippen LogP contribution in [0.2, 0.25) is 9.49 Å². The Morgan fingerprint density at radius 2 is 2.18 bits per heavy atom. The molecule has 0 aliphatic carbocycles. The number of nitrogens with zero attached hydrogens (tertiary/aromatic N) is 1. The van der Waals surface area contributed by atoms with Crippen molar-refractivity contribution in [3.63, 3.8) is 0 Å². The average Bonchev–Trinajstić information content (AvgIpc) is 2.60. The second-order valence-corrected chi connectivity index (χ2v) is 6.49. The lowest BCUT2D eigenvalue weighted by Gasteiger charge is -2.07. The summed E-state index contributed by atoms with van der Waals surface area (Å²) in [7, 11) is 0. The summed E-state index contributed by atoms with van der Waals surface area (Å²) in [5.41, 5.74) is 1.91. The predicted molar refractivity (Wildman–Crippen MR) is 78.3 cm³/mol. The number of rotatable bonds is 3.